The highest BCUT2D eigenvalue weighted by Crippen LogP contribution is 2.18. The first-order valence-electron chi connectivity index (χ1n) is 5.10. The van der Waals surface area contributed by atoms with E-state index in [1.807, 2.05) is 44.4 Å². The third-order valence-corrected chi connectivity index (χ3v) is 2.41. The van der Waals surface area contributed by atoms with Crippen LogP contribution in [0.15, 0.2) is 30.3 Å². The van der Waals surface area contributed by atoms with E-state index < -0.39 is 0 Å². The summed E-state index contributed by atoms with van der Waals surface area (Å²) < 4.78 is 0. The van der Waals surface area contributed by atoms with Crippen LogP contribution < -0.4 is 5.73 Å². The van der Waals surface area contributed by atoms with E-state index in [4.69, 9.17) is 5.73 Å². The van der Waals surface area contributed by atoms with Gasteiger partial charge in [0.15, 0.2) is 0 Å². The Hall–Kier alpha value is -1.35. The van der Waals surface area contributed by atoms with E-state index in [9.17, 15) is 4.79 Å². The lowest BCUT2D eigenvalue weighted by Crippen LogP contribution is -2.25. The van der Waals surface area contributed by atoms with Crippen LogP contribution in [0, 0.1) is 0 Å². The highest BCUT2D eigenvalue weighted by atomic mass is 16.1. The van der Waals surface area contributed by atoms with E-state index in [0.29, 0.717) is 0 Å². The lowest BCUT2D eigenvalue weighted by atomic mass is 9.95. The fourth-order valence-corrected chi connectivity index (χ4v) is 1.55. The SMILES string of the molecule is CN(C)CC[C@H](C(N)=O)c1ccccc1. The summed E-state index contributed by atoms with van der Waals surface area (Å²) in [5.41, 5.74) is 6.40. The second kappa shape index (κ2) is 5.51. The standard InChI is InChI=1S/C12H18N2O/c1-14(2)9-8-11(12(13)15)10-6-4-3-5-7-10/h3-7,11H,8-9H2,1-2H3,(H2,13,15)/t11-/m0/s1. The molecule has 15 heavy (non-hydrogen) atoms. The highest BCUT2D eigenvalue weighted by Gasteiger charge is 2.17. The lowest BCUT2D eigenvalue weighted by molar-refractivity contribution is -0.119. The molecule has 1 atom stereocenters. The van der Waals surface area contributed by atoms with Gasteiger partial charge in [0.25, 0.3) is 0 Å². The van der Waals surface area contributed by atoms with Gasteiger partial charge in [-0.2, -0.15) is 0 Å². The minimum atomic E-state index is -0.247. The van der Waals surface area contributed by atoms with Crippen LogP contribution in [0.3, 0.4) is 0 Å². The third kappa shape index (κ3) is 3.72. The molecule has 0 spiro atoms. The molecule has 0 aliphatic carbocycles. The van der Waals surface area contributed by atoms with Crippen LogP contribution in [0.5, 0.6) is 0 Å². The number of carbonyl (C=O) groups excluding carboxylic acids is 1. The summed E-state index contributed by atoms with van der Waals surface area (Å²) in [6.07, 6.45) is 0.770. The number of nitrogens with two attached hydrogens (primary N) is 1. The summed E-state index contributed by atoms with van der Waals surface area (Å²) >= 11 is 0. The van der Waals surface area contributed by atoms with Crippen molar-refractivity contribution in [2.24, 2.45) is 5.73 Å². The molecule has 0 bridgehead atoms. The van der Waals surface area contributed by atoms with Gasteiger partial charge in [-0.1, -0.05) is 30.3 Å². The Bertz CT molecular complexity index is 309. The van der Waals surface area contributed by atoms with Gasteiger partial charge in [0.1, 0.15) is 0 Å². The zero-order valence-electron chi connectivity index (χ0n) is 9.31. The monoisotopic (exact) mass is 206 g/mol. The predicted octanol–water partition coefficient (Wildman–Crippen LogP) is 1.21. The molecule has 0 aliphatic heterocycles. The highest BCUT2D eigenvalue weighted by molar-refractivity contribution is 5.81. The van der Waals surface area contributed by atoms with Gasteiger partial charge in [0.05, 0.1) is 5.92 Å². The average Bonchev–Trinajstić information content (AvgIpc) is 2.18. The summed E-state index contributed by atoms with van der Waals surface area (Å²) in [5.74, 6) is -0.420. The fourth-order valence-electron chi connectivity index (χ4n) is 1.55. The van der Waals surface area contributed by atoms with Gasteiger partial charge in [-0.3, -0.25) is 4.79 Å². The van der Waals surface area contributed by atoms with Crippen LogP contribution in [0.25, 0.3) is 0 Å². The molecule has 0 aliphatic rings. The van der Waals surface area contributed by atoms with Crippen molar-refractivity contribution in [3.05, 3.63) is 35.9 Å². The van der Waals surface area contributed by atoms with Crippen LogP contribution >= 0.6 is 0 Å². The molecule has 0 saturated carbocycles. The zero-order valence-corrected chi connectivity index (χ0v) is 9.31. The molecule has 0 fully saturated rings. The summed E-state index contributed by atoms with van der Waals surface area (Å²) in [7, 11) is 3.98. The van der Waals surface area contributed by atoms with Gasteiger partial charge in [-0.25, -0.2) is 0 Å². The number of hydrogen-bond donors (Lipinski definition) is 1. The van der Waals surface area contributed by atoms with Crippen molar-refractivity contribution in [3.8, 4) is 0 Å². The van der Waals surface area contributed by atoms with Gasteiger partial charge in [-0.15, -0.1) is 0 Å². The number of amides is 1. The van der Waals surface area contributed by atoms with E-state index in [-0.39, 0.29) is 11.8 Å². The summed E-state index contributed by atoms with van der Waals surface area (Å²) in [6.45, 7) is 0.864. The molecule has 3 heteroatoms. The Labute approximate surface area is 90.9 Å². The molecule has 0 saturated heterocycles. The molecule has 1 aromatic rings. The first-order valence-corrected chi connectivity index (χ1v) is 5.10. The molecule has 0 heterocycles. The molecule has 0 radical (unpaired) electrons. The van der Waals surface area contributed by atoms with Crippen molar-refractivity contribution >= 4 is 5.91 Å². The summed E-state index contributed by atoms with van der Waals surface area (Å²) in [4.78, 5) is 13.4. The molecule has 1 rings (SSSR count). The average molecular weight is 206 g/mol. The number of carbonyl (C=O) groups is 1. The molecule has 2 N–H and O–H groups in total. The molecule has 1 amide bonds. The molecule has 1 aromatic carbocycles. The van der Waals surface area contributed by atoms with Gasteiger partial charge in [0.2, 0.25) is 5.91 Å². The summed E-state index contributed by atoms with van der Waals surface area (Å²) in [5, 5.41) is 0. The number of nitrogens with zero attached hydrogens (tertiary/aromatic N) is 1. The second-order valence-corrected chi connectivity index (χ2v) is 3.96. The quantitative estimate of drug-likeness (QED) is 0.787. The minimum Gasteiger partial charge on any atom is -0.369 e. The molecular weight excluding hydrogens is 188 g/mol. The molecule has 0 aromatic heterocycles. The van der Waals surface area contributed by atoms with Crippen LogP contribution in [0.2, 0.25) is 0 Å². The maximum absolute atomic E-state index is 11.3. The Balaban J connectivity index is 2.71. The maximum Gasteiger partial charge on any atom is 0.225 e. The van der Waals surface area contributed by atoms with Crippen LogP contribution in [0.1, 0.15) is 17.9 Å². The van der Waals surface area contributed by atoms with Crippen molar-refractivity contribution < 1.29 is 4.79 Å². The van der Waals surface area contributed by atoms with Crippen molar-refractivity contribution in [1.82, 2.24) is 4.90 Å². The second-order valence-electron chi connectivity index (χ2n) is 3.96. The predicted molar refractivity (Wildman–Crippen MR) is 61.5 cm³/mol. The molecular formula is C12H18N2O. The van der Waals surface area contributed by atoms with Gasteiger partial charge < -0.3 is 10.6 Å². The smallest absolute Gasteiger partial charge is 0.225 e. The Morgan fingerprint density at radius 3 is 2.40 bits per heavy atom. The normalized spacial score (nSPS) is 12.7. The van der Waals surface area contributed by atoms with Crippen LogP contribution in [0.4, 0.5) is 0 Å². The van der Waals surface area contributed by atoms with Gasteiger partial charge in [-0.05, 0) is 32.6 Å². The number of benzene rings is 1. The third-order valence-electron chi connectivity index (χ3n) is 2.41. The van der Waals surface area contributed by atoms with E-state index >= 15 is 0 Å². The maximum atomic E-state index is 11.3. The molecule has 0 unspecified atom stereocenters. The van der Waals surface area contributed by atoms with Crippen LogP contribution in [-0.4, -0.2) is 31.4 Å². The largest absolute Gasteiger partial charge is 0.369 e. The molecule has 3 nitrogen and oxygen atoms in total. The first kappa shape index (κ1) is 11.7. The first-order chi connectivity index (χ1) is 7.11. The summed E-state index contributed by atoms with van der Waals surface area (Å²) in [6, 6.07) is 9.70. The van der Waals surface area contributed by atoms with Gasteiger partial charge >= 0.3 is 0 Å². The van der Waals surface area contributed by atoms with Crippen molar-refractivity contribution in [2.45, 2.75) is 12.3 Å². The number of hydrogen-bond acceptors (Lipinski definition) is 2. The fraction of sp³-hybridized carbons (Fsp3) is 0.417. The van der Waals surface area contributed by atoms with Gasteiger partial charge in [0, 0.05) is 0 Å². The van der Waals surface area contributed by atoms with Crippen molar-refractivity contribution in [1.29, 1.82) is 0 Å². The minimum absolute atomic E-state index is 0.173. The Morgan fingerprint density at radius 2 is 1.93 bits per heavy atom. The van der Waals surface area contributed by atoms with Crippen LogP contribution in [-0.2, 0) is 4.79 Å². The lowest BCUT2D eigenvalue weighted by Gasteiger charge is -2.16. The van der Waals surface area contributed by atoms with E-state index in [1.165, 1.54) is 0 Å². The Kier molecular flexibility index (Phi) is 4.31. The van der Waals surface area contributed by atoms with E-state index in [1.54, 1.807) is 0 Å². The topological polar surface area (TPSA) is 46.3 Å². The number of primary amides is 1. The Morgan fingerprint density at radius 1 is 1.33 bits per heavy atom. The van der Waals surface area contributed by atoms with Crippen molar-refractivity contribution in [2.75, 3.05) is 20.6 Å². The van der Waals surface area contributed by atoms with E-state index in [0.717, 1.165) is 18.5 Å². The van der Waals surface area contributed by atoms with E-state index in [2.05, 4.69) is 4.90 Å². The zero-order chi connectivity index (χ0) is 11.3. The number of rotatable bonds is 5. The van der Waals surface area contributed by atoms with Crippen molar-refractivity contribution in [3.63, 3.8) is 0 Å². The molecule has 82 valence electrons.